The molecule has 0 heterocycles. The van der Waals surface area contributed by atoms with E-state index < -0.39 is 0 Å². The van der Waals surface area contributed by atoms with Gasteiger partial charge in [-0.05, 0) is 61.6 Å². The van der Waals surface area contributed by atoms with Crippen LogP contribution in [0.4, 0.5) is 0 Å². The maximum absolute atomic E-state index is 12.0. The van der Waals surface area contributed by atoms with Crippen LogP contribution in [0.5, 0.6) is 0 Å². The van der Waals surface area contributed by atoms with E-state index in [0.29, 0.717) is 17.9 Å². The summed E-state index contributed by atoms with van der Waals surface area (Å²) in [5.74, 6) is 1.65. The average Bonchev–Trinajstić information content (AvgIpc) is 2.47. The number of likely N-dealkylation sites (N-methyl/N-ethyl adjacent to an activating group) is 1. The molecule has 1 N–H and O–H groups in total. The molecular formula is C19H29NO. The zero-order valence-corrected chi connectivity index (χ0v) is 13.9. The van der Waals surface area contributed by atoms with Crippen LogP contribution in [0.25, 0.3) is 0 Å². The van der Waals surface area contributed by atoms with Gasteiger partial charge in [0.25, 0.3) is 0 Å². The van der Waals surface area contributed by atoms with E-state index in [1.807, 2.05) is 19.2 Å². The molecule has 0 spiro atoms. The molecule has 0 amide bonds. The minimum Gasteiger partial charge on any atom is -0.313 e. The van der Waals surface area contributed by atoms with Crippen molar-refractivity contribution in [1.82, 2.24) is 5.32 Å². The number of Topliss-reactive ketones (excluding diaryl/α,β-unsaturated/α-hetero) is 1. The SMILES string of the molecule is CNCC(=O)c1cccc(C2CCC(C(C)(C)C)CC2)c1. The lowest BCUT2D eigenvalue weighted by molar-refractivity contribution is 0.0993. The van der Waals surface area contributed by atoms with E-state index in [9.17, 15) is 4.79 Å². The van der Waals surface area contributed by atoms with Crippen LogP contribution in [0.2, 0.25) is 0 Å². The van der Waals surface area contributed by atoms with Crippen molar-refractivity contribution >= 4 is 5.78 Å². The third kappa shape index (κ3) is 4.16. The predicted octanol–water partition coefficient (Wildman–Crippen LogP) is 4.41. The van der Waals surface area contributed by atoms with Gasteiger partial charge in [0.1, 0.15) is 0 Å². The lowest BCUT2D eigenvalue weighted by Crippen LogP contribution is -2.25. The van der Waals surface area contributed by atoms with E-state index in [2.05, 4.69) is 38.2 Å². The predicted molar refractivity (Wildman–Crippen MR) is 88.9 cm³/mol. The lowest BCUT2D eigenvalue weighted by Gasteiger charge is -2.37. The molecule has 1 aromatic rings. The van der Waals surface area contributed by atoms with E-state index in [4.69, 9.17) is 0 Å². The van der Waals surface area contributed by atoms with Crippen molar-refractivity contribution in [3.05, 3.63) is 35.4 Å². The number of rotatable bonds is 4. The quantitative estimate of drug-likeness (QED) is 0.831. The maximum atomic E-state index is 12.0. The number of nitrogens with one attached hydrogen (secondary N) is 1. The lowest BCUT2D eigenvalue weighted by atomic mass is 9.68. The Hall–Kier alpha value is -1.15. The summed E-state index contributed by atoms with van der Waals surface area (Å²) in [6.45, 7) is 7.49. The van der Waals surface area contributed by atoms with Crippen molar-refractivity contribution in [2.24, 2.45) is 11.3 Å². The highest BCUT2D eigenvalue weighted by molar-refractivity contribution is 5.97. The average molecular weight is 287 g/mol. The van der Waals surface area contributed by atoms with Crippen LogP contribution in [0, 0.1) is 11.3 Å². The molecule has 1 aliphatic rings. The van der Waals surface area contributed by atoms with Crippen molar-refractivity contribution in [3.8, 4) is 0 Å². The molecule has 2 heteroatoms. The Morgan fingerprint density at radius 2 is 1.86 bits per heavy atom. The zero-order chi connectivity index (χ0) is 15.5. The summed E-state index contributed by atoms with van der Waals surface area (Å²) in [6.07, 6.45) is 5.13. The molecule has 0 unspecified atom stereocenters. The Labute approximate surface area is 129 Å². The molecule has 1 aromatic carbocycles. The van der Waals surface area contributed by atoms with Gasteiger partial charge in [-0.1, -0.05) is 39.0 Å². The van der Waals surface area contributed by atoms with Crippen LogP contribution in [0.15, 0.2) is 24.3 Å². The first kappa shape index (κ1) is 16.2. The van der Waals surface area contributed by atoms with Crippen molar-refractivity contribution in [2.45, 2.75) is 52.4 Å². The van der Waals surface area contributed by atoms with Gasteiger partial charge in [-0.2, -0.15) is 0 Å². The molecule has 1 aliphatic carbocycles. The van der Waals surface area contributed by atoms with Gasteiger partial charge in [-0.3, -0.25) is 4.79 Å². The number of carbonyl (C=O) groups excluding carboxylic acids is 1. The first-order valence-electron chi connectivity index (χ1n) is 8.19. The normalized spacial score (nSPS) is 23.0. The van der Waals surface area contributed by atoms with Gasteiger partial charge in [0.15, 0.2) is 5.78 Å². The fourth-order valence-corrected chi connectivity index (χ4v) is 3.52. The number of hydrogen-bond acceptors (Lipinski definition) is 2. The third-order valence-electron chi connectivity index (χ3n) is 4.97. The first-order chi connectivity index (χ1) is 9.91. The molecule has 0 bridgehead atoms. The van der Waals surface area contributed by atoms with Crippen LogP contribution in [0.3, 0.4) is 0 Å². The highest BCUT2D eigenvalue weighted by atomic mass is 16.1. The Kier molecular flexibility index (Phi) is 5.21. The monoisotopic (exact) mass is 287 g/mol. The standard InChI is InChI=1S/C19H29NO/c1-19(2,3)17-10-8-14(9-11-17)15-6-5-7-16(12-15)18(21)13-20-4/h5-7,12,14,17,20H,8-11,13H2,1-4H3. The molecule has 2 nitrogen and oxygen atoms in total. The second-order valence-corrected chi connectivity index (χ2v) is 7.49. The molecule has 0 radical (unpaired) electrons. The summed E-state index contributed by atoms with van der Waals surface area (Å²) in [5.41, 5.74) is 2.62. The summed E-state index contributed by atoms with van der Waals surface area (Å²) < 4.78 is 0. The van der Waals surface area contributed by atoms with Gasteiger partial charge < -0.3 is 5.32 Å². The van der Waals surface area contributed by atoms with Gasteiger partial charge in [-0.15, -0.1) is 0 Å². The molecule has 21 heavy (non-hydrogen) atoms. The molecule has 1 fully saturated rings. The smallest absolute Gasteiger partial charge is 0.176 e. The van der Waals surface area contributed by atoms with Gasteiger partial charge in [0, 0.05) is 5.56 Å². The Bertz CT molecular complexity index is 479. The second-order valence-electron chi connectivity index (χ2n) is 7.49. The summed E-state index contributed by atoms with van der Waals surface area (Å²) in [6, 6.07) is 8.28. The third-order valence-corrected chi connectivity index (χ3v) is 4.97. The second kappa shape index (κ2) is 6.74. The molecule has 0 aliphatic heterocycles. The van der Waals surface area contributed by atoms with E-state index in [1.54, 1.807) is 0 Å². The summed E-state index contributed by atoms with van der Waals surface area (Å²) in [7, 11) is 1.82. The molecular weight excluding hydrogens is 258 g/mol. The summed E-state index contributed by atoms with van der Waals surface area (Å²) in [5, 5.41) is 2.94. The molecule has 0 aromatic heterocycles. The molecule has 0 atom stereocenters. The van der Waals surface area contributed by atoms with Gasteiger partial charge in [0.05, 0.1) is 6.54 Å². The minimum atomic E-state index is 0.183. The Morgan fingerprint density at radius 1 is 1.19 bits per heavy atom. The number of hydrogen-bond donors (Lipinski definition) is 1. The number of ketones is 1. The number of carbonyl (C=O) groups is 1. The highest BCUT2D eigenvalue weighted by Gasteiger charge is 2.30. The van der Waals surface area contributed by atoms with E-state index in [1.165, 1.54) is 31.2 Å². The number of benzene rings is 1. The summed E-state index contributed by atoms with van der Waals surface area (Å²) >= 11 is 0. The van der Waals surface area contributed by atoms with E-state index >= 15 is 0 Å². The Morgan fingerprint density at radius 3 is 2.43 bits per heavy atom. The van der Waals surface area contributed by atoms with Crippen molar-refractivity contribution in [1.29, 1.82) is 0 Å². The molecule has 0 saturated heterocycles. The summed E-state index contributed by atoms with van der Waals surface area (Å²) in [4.78, 5) is 12.0. The zero-order valence-electron chi connectivity index (χ0n) is 13.9. The largest absolute Gasteiger partial charge is 0.313 e. The Balaban J connectivity index is 2.04. The van der Waals surface area contributed by atoms with Crippen molar-refractivity contribution in [2.75, 3.05) is 13.6 Å². The van der Waals surface area contributed by atoms with Crippen LogP contribution in [-0.2, 0) is 0 Å². The molecule has 1 saturated carbocycles. The van der Waals surface area contributed by atoms with Crippen LogP contribution in [-0.4, -0.2) is 19.4 Å². The van der Waals surface area contributed by atoms with E-state index in [-0.39, 0.29) is 5.78 Å². The van der Waals surface area contributed by atoms with Gasteiger partial charge in [0.2, 0.25) is 0 Å². The fourth-order valence-electron chi connectivity index (χ4n) is 3.52. The fraction of sp³-hybridized carbons (Fsp3) is 0.632. The molecule has 116 valence electrons. The van der Waals surface area contributed by atoms with Gasteiger partial charge >= 0.3 is 0 Å². The maximum Gasteiger partial charge on any atom is 0.176 e. The van der Waals surface area contributed by atoms with Crippen LogP contribution < -0.4 is 5.32 Å². The van der Waals surface area contributed by atoms with Crippen molar-refractivity contribution in [3.63, 3.8) is 0 Å². The van der Waals surface area contributed by atoms with E-state index in [0.717, 1.165) is 11.5 Å². The minimum absolute atomic E-state index is 0.183. The highest BCUT2D eigenvalue weighted by Crippen LogP contribution is 2.43. The van der Waals surface area contributed by atoms with Gasteiger partial charge in [-0.25, -0.2) is 0 Å². The van der Waals surface area contributed by atoms with Crippen LogP contribution in [0.1, 0.15) is 68.3 Å². The van der Waals surface area contributed by atoms with Crippen molar-refractivity contribution < 1.29 is 4.79 Å². The topological polar surface area (TPSA) is 29.1 Å². The van der Waals surface area contributed by atoms with Crippen LogP contribution >= 0.6 is 0 Å². The first-order valence-corrected chi connectivity index (χ1v) is 8.19. The molecule has 2 rings (SSSR count).